The van der Waals surface area contributed by atoms with Gasteiger partial charge in [-0.15, -0.1) is 0 Å². The molecule has 122 valence electrons. The van der Waals surface area contributed by atoms with E-state index in [0.29, 0.717) is 5.56 Å². The van der Waals surface area contributed by atoms with E-state index < -0.39 is 0 Å². The van der Waals surface area contributed by atoms with Crippen molar-refractivity contribution in [2.24, 2.45) is 0 Å². The predicted octanol–water partition coefficient (Wildman–Crippen LogP) is 6.03. The highest BCUT2D eigenvalue weighted by atomic mass is 79.9. The molecule has 4 aromatic carbocycles. The van der Waals surface area contributed by atoms with Crippen LogP contribution in [0.5, 0.6) is 0 Å². The van der Waals surface area contributed by atoms with E-state index in [1.807, 2.05) is 61.6 Å². The molecule has 4 aromatic rings. The molecule has 4 rings (SSSR count). The molecule has 0 aromatic heterocycles. The molecule has 0 heterocycles. The summed E-state index contributed by atoms with van der Waals surface area (Å²) in [4.78, 5) is 14.7. The second-order valence-corrected chi connectivity index (χ2v) is 6.78. The van der Waals surface area contributed by atoms with Crippen molar-refractivity contribution in [2.75, 3.05) is 11.9 Å². The molecular formula is C22H16BrNO. The maximum Gasteiger partial charge on any atom is 0.258 e. The van der Waals surface area contributed by atoms with Crippen molar-refractivity contribution in [1.29, 1.82) is 0 Å². The average molecular weight is 390 g/mol. The summed E-state index contributed by atoms with van der Waals surface area (Å²) in [6.45, 7) is 0. The summed E-state index contributed by atoms with van der Waals surface area (Å²) in [5.41, 5.74) is 1.57. The highest BCUT2D eigenvalue weighted by Gasteiger charge is 2.20. The zero-order valence-electron chi connectivity index (χ0n) is 13.7. The maximum absolute atomic E-state index is 13.0. The molecule has 0 aliphatic heterocycles. The van der Waals surface area contributed by atoms with Gasteiger partial charge in [0.15, 0.2) is 0 Å². The van der Waals surface area contributed by atoms with Crippen LogP contribution in [0.1, 0.15) is 10.4 Å². The number of fused-ring (bicyclic) bond motifs is 3. The van der Waals surface area contributed by atoms with Gasteiger partial charge in [-0.3, -0.25) is 4.79 Å². The summed E-state index contributed by atoms with van der Waals surface area (Å²) in [5.74, 6) is -0.0262. The summed E-state index contributed by atoms with van der Waals surface area (Å²) in [5, 5.41) is 4.47. The third kappa shape index (κ3) is 2.61. The quantitative estimate of drug-likeness (QED) is 0.383. The first kappa shape index (κ1) is 15.9. The highest BCUT2D eigenvalue weighted by molar-refractivity contribution is 9.10. The van der Waals surface area contributed by atoms with Crippen LogP contribution in [0, 0.1) is 0 Å². The van der Waals surface area contributed by atoms with Crippen LogP contribution in [0.25, 0.3) is 21.5 Å². The summed E-state index contributed by atoms with van der Waals surface area (Å²) in [6.07, 6.45) is 0. The smallest absolute Gasteiger partial charge is 0.258 e. The van der Waals surface area contributed by atoms with Crippen LogP contribution in [0.4, 0.5) is 5.69 Å². The Morgan fingerprint density at radius 2 is 1.20 bits per heavy atom. The Labute approximate surface area is 154 Å². The predicted molar refractivity (Wildman–Crippen MR) is 108 cm³/mol. The van der Waals surface area contributed by atoms with Crippen LogP contribution in [0.3, 0.4) is 0 Å². The van der Waals surface area contributed by atoms with Crippen LogP contribution >= 0.6 is 15.9 Å². The molecule has 0 fully saturated rings. The number of carbonyl (C=O) groups is 1. The average Bonchev–Trinajstić information content (AvgIpc) is 2.68. The zero-order valence-corrected chi connectivity index (χ0v) is 15.3. The lowest BCUT2D eigenvalue weighted by molar-refractivity contribution is 0.0993. The SMILES string of the molecule is CN(C(=O)c1ccccc1)c1c(Br)c2ccccc2c2ccccc12. The Morgan fingerprint density at radius 3 is 1.84 bits per heavy atom. The molecule has 0 radical (unpaired) electrons. The van der Waals surface area contributed by atoms with Crippen molar-refractivity contribution in [3.05, 3.63) is 88.9 Å². The van der Waals surface area contributed by atoms with Crippen LogP contribution in [0.2, 0.25) is 0 Å². The van der Waals surface area contributed by atoms with Gasteiger partial charge in [0.1, 0.15) is 0 Å². The topological polar surface area (TPSA) is 20.3 Å². The Balaban J connectivity index is 2.00. The van der Waals surface area contributed by atoms with Gasteiger partial charge >= 0.3 is 0 Å². The van der Waals surface area contributed by atoms with Gasteiger partial charge in [0.2, 0.25) is 0 Å². The van der Waals surface area contributed by atoms with Gasteiger partial charge in [0.25, 0.3) is 5.91 Å². The monoisotopic (exact) mass is 389 g/mol. The fraction of sp³-hybridized carbons (Fsp3) is 0.0455. The number of benzene rings is 4. The third-order valence-electron chi connectivity index (χ3n) is 4.50. The fourth-order valence-corrected chi connectivity index (χ4v) is 4.11. The van der Waals surface area contributed by atoms with Crippen molar-refractivity contribution >= 4 is 49.1 Å². The van der Waals surface area contributed by atoms with Crippen molar-refractivity contribution in [3.63, 3.8) is 0 Å². The zero-order chi connectivity index (χ0) is 17.4. The van der Waals surface area contributed by atoms with E-state index in [1.165, 1.54) is 5.39 Å². The molecule has 0 aliphatic carbocycles. The molecule has 2 nitrogen and oxygen atoms in total. The first-order valence-corrected chi connectivity index (χ1v) is 8.90. The van der Waals surface area contributed by atoms with Crippen molar-refractivity contribution in [3.8, 4) is 0 Å². The van der Waals surface area contributed by atoms with Gasteiger partial charge in [0.05, 0.1) is 5.69 Å². The lowest BCUT2D eigenvalue weighted by atomic mass is 9.99. The first-order chi connectivity index (χ1) is 12.2. The molecule has 0 unspecified atom stereocenters. The number of rotatable bonds is 2. The molecule has 0 bridgehead atoms. The number of anilines is 1. The van der Waals surface area contributed by atoms with Crippen molar-refractivity contribution < 1.29 is 4.79 Å². The largest absolute Gasteiger partial charge is 0.310 e. The molecular weight excluding hydrogens is 374 g/mol. The second-order valence-electron chi connectivity index (χ2n) is 5.98. The van der Waals surface area contributed by atoms with Gasteiger partial charge in [0, 0.05) is 22.5 Å². The van der Waals surface area contributed by atoms with E-state index in [-0.39, 0.29) is 5.91 Å². The second kappa shape index (κ2) is 6.34. The van der Waals surface area contributed by atoms with Crippen LogP contribution in [0.15, 0.2) is 83.3 Å². The third-order valence-corrected chi connectivity index (χ3v) is 5.31. The summed E-state index contributed by atoms with van der Waals surface area (Å²) >= 11 is 3.75. The number of nitrogens with zero attached hydrogens (tertiary/aromatic N) is 1. The Bertz CT molecular complexity index is 1090. The summed E-state index contributed by atoms with van der Waals surface area (Å²) in [6, 6.07) is 25.8. The minimum Gasteiger partial charge on any atom is -0.310 e. The molecule has 1 amide bonds. The van der Waals surface area contributed by atoms with E-state index in [1.54, 1.807) is 4.90 Å². The minimum atomic E-state index is -0.0262. The lowest BCUT2D eigenvalue weighted by Crippen LogP contribution is -2.26. The fourth-order valence-electron chi connectivity index (χ4n) is 3.28. The molecule has 25 heavy (non-hydrogen) atoms. The van der Waals surface area contributed by atoms with Crippen LogP contribution in [-0.2, 0) is 0 Å². The molecule has 3 heteroatoms. The van der Waals surface area contributed by atoms with Gasteiger partial charge in [-0.1, -0.05) is 66.7 Å². The van der Waals surface area contributed by atoms with Gasteiger partial charge in [-0.05, 0) is 44.2 Å². The Hall–Kier alpha value is -2.65. The molecule has 0 spiro atoms. The van der Waals surface area contributed by atoms with E-state index >= 15 is 0 Å². The summed E-state index contributed by atoms with van der Waals surface area (Å²) < 4.78 is 0.939. The van der Waals surface area contributed by atoms with E-state index in [9.17, 15) is 4.79 Å². The molecule has 0 N–H and O–H groups in total. The van der Waals surface area contributed by atoms with Gasteiger partial charge < -0.3 is 4.90 Å². The standard InChI is InChI=1S/C22H16BrNO/c1-24(22(25)15-9-3-2-4-10-15)21-19-14-8-6-12-17(19)16-11-5-7-13-18(16)20(21)23/h2-14H,1H3. The lowest BCUT2D eigenvalue weighted by Gasteiger charge is -2.23. The van der Waals surface area contributed by atoms with Crippen molar-refractivity contribution in [2.45, 2.75) is 0 Å². The first-order valence-electron chi connectivity index (χ1n) is 8.10. The minimum absolute atomic E-state index is 0.0262. The normalized spacial score (nSPS) is 11.0. The summed E-state index contributed by atoms with van der Waals surface area (Å²) in [7, 11) is 1.83. The van der Waals surface area contributed by atoms with Crippen molar-refractivity contribution in [1.82, 2.24) is 0 Å². The van der Waals surface area contributed by atoms with Crippen LogP contribution < -0.4 is 4.90 Å². The highest BCUT2D eigenvalue weighted by Crippen LogP contribution is 2.41. The van der Waals surface area contributed by atoms with E-state index in [4.69, 9.17) is 0 Å². The Morgan fingerprint density at radius 1 is 0.720 bits per heavy atom. The number of halogens is 1. The Kier molecular flexibility index (Phi) is 4.02. The van der Waals surface area contributed by atoms with Crippen LogP contribution in [-0.4, -0.2) is 13.0 Å². The van der Waals surface area contributed by atoms with Gasteiger partial charge in [-0.25, -0.2) is 0 Å². The number of hydrogen-bond donors (Lipinski definition) is 0. The van der Waals surface area contributed by atoms with Gasteiger partial charge in [-0.2, -0.15) is 0 Å². The molecule has 0 aliphatic rings. The molecule has 0 atom stereocenters. The maximum atomic E-state index is 13.0. The van der Waals surface area contributed by atoms with E-state index in [0.717, 1.165) is 26.3 Å². The molecule has 0 saturated carbocycles. The number of carbonyl (C=O) groups excluding carboxylic acids is 1. The number of hydrogen-bond acceptors (Lipinski definition) is 1. The number of amides is 1. The molecule has 0 saturated heterocycles. The van der Waals surface area contributed by atoms with E-state index in [2.05, 4.69) is 40.2 Å².